The Kier molecular flexibility index (Phi) is 6.43. The van der Waals surface area contributed by atoms with Crippen LogP contribution < -0.4 is 5.32 Å². The predicted molar refractivity (Wildman–Crippen MR) is 91.0 cm³/mol. The van der Waals surface area contributed by atoms with E-state index in [-0.39, 0.29) is 12.5 Å². The van der Waals surface area contributed by atoms with Gasteiger partial charge in [0.1, 0.15) is 5.82 Å². The van der Waals surface area contributed by atoms with Crippen LogP contribution in [0.15, 0.2) is 42.6 Å². The molecule has 5 heteroatoms. The summed E-state index contributed by atoms with van der Waals surface area (Å²) >= 11 is 1.65. The van der Waals surface area contributed by atoms with Crippen LogP contribution >= 0.6 is 11.8 Å². The number of carbonyl (C=O) groups excluding carboxylic acids is 1. The molecule has 1 heterocycles. The average molecular weight is 316 g/mol. The number of anilines is 1. The van der Waals surface area contributed by atoms with Crippen molar-refractivity contribution in [2.45, 2.75) is 19.1 Å². The van der Waals surface area contributed by atoms with Crippen LogP contribution in [0.25, 0.3) is 0 Å². The van der Waals surface area contributed by atoms with E-state index in [0.717, 1.165) is 22.4 Å². The van der Waals surface area contributed by atoms with E-state index < -0.39 is 0 Å². The van der Waals surface area contributed by atoms with Gasteiger partial charge in [-0.05, 0) is 30.2 Å². The first-order chi connectivity index (χ1) is 10.7. The molecule has 0 unspecified atom stereocenters. The summed E-state index contributed by atoms with van der Waals surface area (Å²) in [5.74, 6) is 2.00. The first-order valence-corrected chi connectivity index (χ1v) is 8.32. The maximum Gasteiger partial charge on any atom is 0.229 e. The van der Waals surface area contributed by atoms with Gasteiger partial charge in [-0.1, -0.05) is 29.8 Å². The number of aliphatic hydroxyl groups excluding tert-OH is 1. The monoisotopic (exact) mass is 316 g/mol. The third-order valence-electron chi connectivity index (χ3n) is 3.04. The summed E-state index contributed by atoms with van der Waals surface area (Å²) in [4.78, 5) is 16.3. The second kappa shape index (κ2) is 8.56. The number of hydrogen-bond donors (Lipinski definition) is 2. The molecule has 0 aliphatic heterocycles. The second-order valence-electron chi connectivity index (χ2n) is 5.04. The Balaban J connectivity index is 1.92. The summed E-state index contributed by atoms with van der Waals surface area (Å²) in [7, 11) is 0. The molecule has 0 fully saturated rings. The number of hydrogen-bond acceptors (Lipinski definition) is 4. The molecule has 4 nitrogen and oxygen atoms in total. The van der Waals surface area contributed by atoms with E-state index in [4.69, 9.17) is 5.11 Å². The van der Waals surface area contributed by atoms with Crippen LogP contribution in [0, 0.1) is 6.92 Å². The van der Waals surface area contributed by atoms with Crippen LogP contribution in [0.5, 0.6) is 0 Å². The largest absolute Gasteiger partial charge is 0.396 e. The van der Waals surface area contributed by atoms with Gasteiger partial charge in [-0.2, -0.15) is 11.8 Å². The standard InChI is InChI=1S/C17H20N2O2S/c1-13-3-2-4-14(9-13)11-17(21)19-16-10-15(5-6-18-16)12-22-8-7-20/h2-6,9-10,20H,7-8,11-12H2,1H3,(H,18,19,21). The molecule has 1 aromatic carbocycles. The van der Waals surface area contributed by atoms with Crippen LogP contribution in [-0.2, 0) is 17.0 Å². The number of nitrogens with one attached hydrogen (secondary N) is 1. The molecule has 0 spiro atoms. The van der Waals surface area contributed by atoms with Crippen molar-refractivity contribution in [2.75, 3.05) is 17.7 Å². The van der Waals surface area contributed by atoms with Gasteiger partial charge >= 0.3 is 0 Å². The molecular formula is C17H20N2O2S. The number of aromatic nitrogens is 1. The molecule has 0 bridgehead atoms. The van der Waals surface area contributed by atoms with Crippen molar-refractivity contribution in [3.8, 4) is 0 Å². The predicted octanol–water partition coefficient (Wildman–Crippen LogP) is 2.80. The van der Waals surface area contributed by atoms with Gasteiger partial charge < -0.3 is 10.4 Å². The Morgan fingerprint density at radius 3 is 2.91 bits per heavy atom. The molecule has 0 aliphatic carbocycles. The van der Waals surface area contributed by atoms with Crippen molar-refractivity contribution >= 4 is 23.5 Å². The zero-order chi connectivity index (χ0) is 15.8. The maximum atomic E-state index is 12.1. The number of aliphatic hydroxyl groups is 1. The Labute approximate surface area is 135 Å². The fourth-order valence-electron chi connectivity index (χ4n) is 2.08. The van der Waals surface area contributed by atoms with E-state index in [9.17, 15) is 4.79 Å². The summed E-state index contributed by atoms with van der Waals surface area (Å²) < 4.78 is 0. The molecule has 22 heavy (non-hydrogen) atoms. The number of benzene rings is 1. The molecular weight excluding hydrogens is 296 g/mol. The lowest BCUT2D eigenvalue weighted by atomic mass is 10.1. The Morgan fingerprint density at radius 1 is 1.27 bits per heavy atom. The first kappa shape index (κ1) is 16.5. The Hall–Kier alpha value is -1.85. The van der Waals surface area contributed by atoms with Crippen molar-refractivity contribution in [3.05, 3.63) is 59.3 Å². The number of carbonyl (C=O) groups is 1. The second-order valence-corrected chi connectivity index (χ2v) is 6.14. The number of rotatable bonds is 7. The number of pyridine rings is 1. The van der Waals surface area contributed by atoms with Gasteiger partial charge in [-0.15, -0.1) is 0 Å². The highest BCUT2D eigenvalue weighted by Crippen LogP contribution is 2.14. The first-order valence-electron chi connectivity index (χ1n) is 7.16. The average Bonchev–Trinajstić information content (AvgIpc) is 2.48. The van der Waals surface area contributed by atoms with E-state index in [1.54, 1.807) is 18.0 Å². The van der Waals surface area contributed by atoms with E-state index in [1.165, 1.54) is 0 Å². The SMILES string of the molecule is Cc1cccc(CC(=O)Nc2cc(CSCCO)ccn2)c1. The van der Waals surface area contributed by atoms with Crippen molar-refractivity contribution in [3.63, 3.8) is 0 Å². The molecule has 2 rings (SSSR count). The summed E-state index contributed by atoms with van der Waals surface area (Å²) in [5.41, 5.74) is 3.22. The van der Waals surface area contributed by atoms with Crippen LogP contribution in [0.3, 0.4) is 0 Å². The van der Waals surface area contributed by atoms with E-state index in [2.05, 4.69) is 10.3 Å². The molecule has 116 valence electrons. The summed E-state index contributed by atoms with van der Waals surface area (Å²) in [5, 5.41) is 11.6. The van der Waals surface area contributed by atoms with Crippen molar-refractivity contribution in [1.82, 2.24) is 4.98 Å². The Morgan fingerprint density at radius 2 is 2.14 bits per heavy atom. The van der Waals surface area contributed by atoms with E-state index in [0.29, 0.717) is 18.0 Å². The molecule has 0 saturated heterocycles. The van der Waals surface area contributed by atoms with Gasteiger partial charge in [0.15, 0.2) is 0 Å². The van der Waals surface area contributed by atoms with Crippen molar-refractivity contribution in [2.24, 2.45) is 0 Å². The molecule has 1 amide bonds. The summed E-state index contributed by atoms with van der Waals surface area (Å²) in [6, 6.07) is 11.7. The lowest BCUT2D eigenvalue weighted by molar-refractivity contribution is -0.115. The van der Waals surface area contributed by atoms with Crippen LogP contribution in [-0.4, -0.2) is 28.4 Å². The highest BCUT2D eigenvalue weighted by molar-refractivity contribution is 7.98. The minimum Gasteiger partial charge on any atom is -0.396 e. The molecule has 0 aliphatic rings. The normalized spacial score (nSPS) is 10.5. The number of nitrogens with zero attached hydrogens (tertiary/aromatic N) is 1. The summed E-state index contributed by atoms with van der Waals surface area (Å²) in [6.45, 7) is 2.19. The zero-order valence-corrected chi connectivity index (χ0v) is 13.4. The van der Waals surface area contributed by atoms with Crippen LogP contribution in [0.2, 0.25) is 0 Å². The van der Waals surface area contributed by atoms with Crippen molar-refractivity contribution < 1.29 is 9.90 Å². The minimum absolute atomic E-state index is 0.0711. The fraction of sp³-hybridized carbons (Fsp3) is 0.294. The molecule has 1 aromatic heterocycles. The van der Waals surface area contributed by atoms with Crippen molar-refractivity contribution in [1.29, 1.82) is 0 Å². The van der Waals surface area contributed by atoms with Crippen LogP contribution in [0.4, 0.5) is 5.82 Å². The van der Waals surface area contributed by atoms with Gasteiger partial charge in [0.2, 0.25) is 5.91 Å². The van der Waals surface area contributed by atoms with E-state index in [1.807, 2.05) is 43.3 Å². The summed E-state index contributed by atoms with van der Waals surface area (Å²) in [6.07, 6.45) is 2.03. The van der Waals surface area contributed by atoms with Gasteiger partial charge in [-0.3, -0.25) is 4.79 Å². The molecule has 2 N–H and O–H groups in total. The molecule has 0 saturated carbocycles. The van der Waals surface area contributed by atoms with Gasteiger partial charge in [0, 0.05) is 17.7 Å². The number of thioether (sulfide) groups is 1. The minimum atomic E-state index is -0.0711. The van der Waals surface area contributed by atoms with Gasteiger partial charge in [-0.25, -0.2) is 4.98 Å². The number of aryl methyl sites for hydroxylation is 1. The third kappa shape index (κ3) is 5.50. The Bertz CT molecular complexity index is 632. The zero-order valence-electron chi connectivity index (χ0n) is 12.6. The topological polar surface area (TPSA) is 62.2 Å². The lowest BCUT2D eigenvalue weighted by Crippen LogP contribution is -2.15. The van der Waals surface area contributed by atoms with Crippen LogP contribution in [0.1, 0.15) is 16.7 Å². The van der Waals surface area contributed by atoms with Gasteiger partial charge in [0.25, 0.3) is 0 Å². The molecule has 0 atom stereocenters. The fourth-order valence-corrected chi connectivity index (χ4v) is 2.77. The lowest BCUT2D eigenvalue weighted by Gasteiger charge is -2.07. The van der Waals surface area contributed by atoms with Gasteiger partial charge in [0.05, 0.1) is 13.0 Å². The highest BCUT2D eigenvalue weighted by atomic mass is 32.2. The maximum absolute atomic E-state index is 12.1. The van der Waals surface area contributed by atoms with E-state index >= 15 is 0 Å². The molecule has 2 aromatic rings. The molecule has 0 radical (unpaired) electrons. The number of amides is 1. The highest BCUT2D eigenvalue weighted by Gasteiger charge is 2.06. The smallest absolute Gasteiger partial charge is 0.229 e. The third-order valence-corrected chi connectivity index (χ3v) is 4.05. The quantitative estimate of drug-likeness (QED) is 0.771.